The van der Waals surface area contributed by atoms with Gasteiger partial charge in [-0.15, -0.1) is 11.3 Å². The summed E-state index contributed by atoms with van der Waals surface area (Å²) in [7, 11) is 0. The molecule has 5 rings (SSSR count). The van der Waals surface area contributed by atoms with Crippen LogP contribution in [0.2, 0.25) is 0 Å². The molecule has 3 aliphatic rings. The summed E-state index contributed by atoms with van der Waals surface area (Å²) in [6.45, 7) is 12.4. The highest BCUT2D eigenvalue weighted by Crippen LogP contribution is 2.31. The Morgan fingerprint density at radius 2 is 1.95 bits per heavy atom. The number of hydrogen-bond acceptors (Lipinski definition) is 7. The third kappa shape index (κ3) is 8.85. The molecule has 0 radical (unpaired) electrons. The Morgan fingerprint density at radius 1 is 1.19 bits per heavy atom. The second kappa shape index (κ2) is 14.9. The molecule has 3 unspecified atom stereocenters. The molecule has 2 aliphatic carbocycles. The van der Waals surface area contributed by atoms with E-state index in [1.807, 2.05) is 0 Å². The lowest BCUT2D eigenvalue weighted by atomic mass is 9.84. The van der Waals surface area contributed by atoms with E-state index >= 15 is 0 Å². The highest BCUT2D eigenvalue weighted by atomic mass is 32.1. The number of fused-ring (bicyclic) bond motifs is 1. The van der Waals surface area contributed by atoms with Gasteiger partial charge in [0, 0.05) is 50.3 Å². The van der Waals surface area contributed by atoms with Crippen LogP contribution in [0.4, 0.5) is 0 Å². The molecule has 3 N–H and O–H groups in total. The SMILES string of the molecule is C=C(CN1CCOCC1)C(=O)NCC(CC1CCCCC1)NC(=O)[C@H](Cc1nc2ccc(CC)cc2s1)NC1CC1C. The number of benzene rings is 1. The van der Waals surface area contributed by atoms with E-state index in [9.17, 15) is 9.59 Å². The third-order valence-corrected chi connectivity index (χ3v) is 10.2. The summed E-state index contributed by atoms with van der Waals surface area (Å²) in [4.78, 5) is 34.0. The van der Waals surface area contributed by atoms with Gasteiger partial charge in [-0.05, 0) is 48.8 Å². The van der Waals surface area contributed by atoms with Crippen LogP contribution >= 0.6 is 11.3 Å². The molecular weight excluding hydrogens is 546 g/mol. The zero-order valence-corrected chi connectivity index (χ0v) is 26.3. The predicted molar refractivity (Wildman–Crippen MR) is 170 cm³/mol. The van der Waals surface area contributed by atoms with E-state index in [2.05, 4.69) is 59.5 Å². The second-order valence-corrected chi connectivity index (χ2v) is 13.8. The highest BCUT2D eigenvalue weighted by Gasteiger charge is 2.37. The van der Waals surface area contributed by atoms with E-state index < -0.39 is 0 Å². The van der Waals surface area contributed by atoms with Crippen LogP contribution in [0.15, 0.2) is 30.4 Å². The van der Waals surface area contributed by atoms with Crippen LogP contribution < -0.4 is 16.0 Å². The summed E-state index contributed by atoms with van der Waals surface area (Å²) in [6, 6.07) is 6.34. The lowest BCUT2D eigenvalue weighted by Crippen LogP contribution is -2.53. The number of aryl methyl sites for hydroxylation is 1. The van der Waals surface area contributed by atoms with E-state index in [1.165, 1.54) is 42.4 Å². The van der Waals surface area contributed by atoms with Crippen molar-refractivity contribution in [2.45, 2.75) is 89.8 Å². The Hall–Kier alpha value is -2.33. The Balaban J connectivity index is 1.23. The topological polar surface area (TPSA) is 95.6 Å². The van der Waals surface area contributed by atoms with Crippen molar-refractivity contribution >= 4 is 33.4 Å². The van der Waals surface area contributed by atoms with Gasteiger partial charge in [0.15, 0.2) is 0 Å². The van der Waals surface area contributed by atoms with Crippen molar-refractivity contribution in [2.75, 3.05) is 39.4 Å². The smallest absolute Gasteiger partial charge is 0.247 e. The molecule has 0 bridgehead atoms. The van der Waals surface area contributed by atoms with Crippen molar-refractivity contribution in [3.63, 3.8) is 0 Å². The average Bonchev–Trinajstić information content (AvgIpc) is 3.54. The van der Waals surface area contributed by atoms with Crippen LogP contribution in [0.25, 0.3) is 10.2 Å². The largest absolute Gasteiger partial charge is 0.379 e. The zero-order valence-electron chi connectivity index (χ0n) is 25.5. The molecule has 1 aliphatic heterocycles. The summed E-state index contributed by atoms with van der Waals surface area (Å²) in [5.41, 5.74) is 2.86. The minimum Gasteiger partial charge on any atom is -0.379 e. The van der Waals surface area contributed by atoms with Gasteiger partial charge in [0.2, 0.25) is 11.8 Å². The molecule has 4 atom stereocenters. The summed E-state index contributed by atoms with van der Waals surface area (Å²) in [6.07, 6.45) is 9.70. The number of nitrogens with one attached hydrogen (secondary N) is 3. The van der Waals surface area contributed by atoms with Crippen molar-refractivity contribution < 1.29 is 14.3 Å². The Bertz CT molecular complexity index is 1220. The van der Waals surface area contributed by atoms with Gasteiger partial charge in [-0.25, -0.2) is 4.98 Å². The summed E-state index contributed by atoms with van der Waals surface area (Å²) in [5.74, 6) is 1.03. The first kappa shape index (κ1) is 31.1. The third-order valence-electron chi connectivity index (χ3n) is 9.16. The number of morpholine rings is 1. The maximum absolute atomic E-state index is 13.9. The molecule has 230 valence electrons. The van der Waals surface area contributed by atoms with Crippen LogP contribution in [0.1, 0.15) is 69.4 Å². The Kier molecular flexibility index (Phi) is 11.0. The number of carbonyl (C=O) groups is 2. The van der Waals surface area contributed by atoms with Gasteiger partial charge in [0.25, 0.3) is 0 Å². The fourth-order valence-electron chi connectivity index (χ4n) is 6.30. The molecular formula is C33H49N5O3S. The normalized spacial score (nSPS) is 22.9. The number of nitrogens with zero attached hydrogens (tertiary/aromatic N) is 2. The van der Waals surface area contributed by atoms with Crippen molar-refractivity contribution in [3.8, 4) is 0 Å². The van der Waals surface area contributed by atoms with Crippen molar-refractivity contribution in [1.29, 1.82) is 0 Å². The fraction of sp³-hybridized carbons (Fsp3) is 0.667. The van der Waals surface area contributed by atoms with Crippen LogP contribution in [0, 0.1) is 11.8 Å². The molecule has 9 heteroatoms. The molecule has 1 aromatic carbocycles. The summed E-state index contributed by atoms with van der Waals surface area (Å²) >= 11 is 1.69. The van der Waals surface area contributed by atoms with Crippen LogP contribution in [-0.4, -0.2) is 79.2 Å². The predicted octanol–water partition coefficient (Wildman–Crippen LogP) is 4.23. The van der Waals surface area contributed by atoms with E-state index in [4.69, 9.17) is 9.72 Å². The van der Waals surface area contributed by atoms with Gasteiger partial charge in [-0.2, -0.15) is 0 Å². The number of ether oxygens (including phenoxy) is 1. The minimum atomic E-state index is -0.355. The first-order valence-corrected chi connectivity index (χ1v) is 16.9. The highest BCUT2D eigenvalue weighted by molar-refractivity contribution is 7.18. The molecule has 0 spiro atoms. The number of amides is 2. The quantitative estimate of drug-likeness (QED) is 0.283. The number of aromatic nitrogens is 1. The standard InChI is InChI=1S/C33H49N5O3S/c1-4-24-10-11-27-30(18-24)42-31(37-27)19-29(36-28-16-22(28)2)33(40)35-26(17-25-8-6-5-7-9-25)20-34-32(39)23(3)21-38-12-14-41-15-13-38/h10-11,18,22,25-26,28-29,36H,3-9,12-17,19-21H2,1-2H3,(H,34,39)(H,35,40)/t22?,26?,28?,29-/m0/s1. The maximum Gasteiger partial charge on any atom is 0.247 e. The maximum atomic E-state index is 13.9. The van der Waals surface area contributed by atoms with Gasteiger partial charge in [-0.3, -0.25) is 14.5 Å². The van der Waals surface area contributed by atoms with E-state index in [-0.39, 0.29) is 23.9 Å². The molecule has 2 aromatic rings. The van der Waals surface area contributed by atoms with Crippen LogP contribution in [-0.2, 0) is 27.2 Å². The van der Waals surface area contributed by atoms with Crippen LogP contribution in [0.5, 0.6) is 0 Å². The monoisotopic (exact) mass is 595 g/mol. The van der Waals surface area contributed by atoms with Gasteiger partial charge in [-0.1, -0.05) is 58.6 Å². The number of thiazole rings is 1. The molecule has 3 fully saturated rings. The van der Waals surface area contributed by atoms with E-state index in [0.717, 1.165) is 42.9 Å². The second-order valence-electron chi connectivity index (χ2n) is 12.7. The Morgan fingerprint density at radius 3 is 2.67 bits per heavy atom. The number of carbonyl (C=O) groups excluding carboxylic acids is 2. The number of rotatable bonds is 14. The van der Waals surface area contributed by atoms with Crippen LogP contribution in [0.3, 0.4) is 0 Å². The molecule has 1 aromatic heterocycles. The van der Waals surface area contributed by atoms with E-state index in [1.54, 1.807) is 11.3 Å². The van der Waals surface area contributed by atoms with Crippen molar-refractivity contribution in [3.05, 3.63) is 40.9 Å². The molecule has 2 amide bonds. The lowest BCUT2D eigenvalue weighted by molar-refractivity contribution is -0.124. The Labute approximate surface area is 255 Å². The molecule has 2 saturated carbocycles. The van der Waals surface area contributed by atoms with Gasteiger partial charge < -0.3 is 20.7 Å². The zero-order chi connectivity index (χ0) is 29.5. The molecule has 2 heterocycles. The first-order chi connectivity index (χ1) is 20.4. The average molecular weight is 596 g/mol. The minimum absolute atomic E-state index is 0.00445. The summed E-state index contributed by atoms with van der Waals surface area (Å²) < 4.78 is 6.60. The fourth-order valence-corrected chi connectivity index (χ4v) is 7.38. The molecule has 1 saturated heterocycles. The molecule has 42 heavy (non-hydrogen) atoms. The van der Waals surface area contributed by atoms with Crippen molar-refractivity contribution in [2.24, 2.45) is 11.8 Å². The number of hydrogen-bond donors (Lipinski definition) is 3. The molecule has 8 nitrogen and oxygen atoms in total. The van der Waals surface area contributed by atoms with Gasteiger partial charge in [0.1, 0.15) is 0 Å². The van der Waals surface area contributed by atoms with Gasteiger partial charge >= 0.3 is 0 Å². The van der Waals surface area contributed by atoms with Crippen molar-refractivity contribution in [1.82, 2.24) is 25.8 Å². The van der Waals surface area contributed by atoms with Gasteiger partial charge in [0.05, 0.1) is 34.5 Å². The summed E-state index contributed by atoms with van der Waals surface area (Å²) in [5, 5.41) is 11.1. The van der Waals surface area contributed by atoms with E-state index in [0.29, 0.717) is 56.2 Å². The lowest BCUT2D eigenvalue weighted by Gasteiger charge is -2.29. The first-order valence-electron chi connectivity index (χ1n) is 16.1.